The summed E-state index contributed by atoms with van der Waals surface area (Å²) in [5.41, 5.74) is 0.758. The molecule has 184 valence electrons. The Balaban J connectivity index is 2.03. The van der Waals surface area contributed by atoms with Crippen LogP contribution >= 0.6 is 0 Å². The number of esters is 2. The zero-order chi connectivity index (χ0) is 25.1. The fraction of sp³-hybridized carbons (Fsp3) is 0.654. The van der Waals surface area contributed by atoms with E-state index < -0.39 is 52.9 Å². The molecule has 0 saturated carbocycles. The van der Waals surface area contributed by atoms with Crippen LogP contribution in [0.3, 0.4) is 0 Å². The van der Waals surface area contributed by atoms with Crippen LogP contribution in [0.15, 0.2) is 22.8 Å². The molecule has 0 radical (unpaired) electrons. The first-order chi connectivity index (χ1) is 16.1. The summed E-state index contributed by atoms with van der Waals surface area (Å²) in [6.07, 6.45) is 2.71. The number of Topliss-reactive ketones (excluding diaryl/α,β-unsaturated/α-hetero) is 1. The Morgan fingerprint density at radius 2 is 1.65 bits per heavy atom. The number of carbonyl (C=O) groups is 5. The SMILES string of the molecule is CCN1C(=O)[C@@H]2[C@H](C1=O)[C@@H]1CC(C(=O)OC)=C[C@@H](C(=O)OC)C3C1=C(C(=O)C3(CC)CC)[C@@H]2C. The van der Waals surface area contributed by atoms with E-state index >= 15 is 0 Å². The van der Waals surface area contributed by atoms with Crippen molar-refractivity contribution in [2.24, 2.45) is 40.9 Å². The Morgan fingerprint density at radius 1 is 1.03 bits per heavy atom. The topological polar surface area (TPSA) is 107 Å². The standard InChI is InChI=1S/C26H33NO7/c1-7-26(8-2)20-15(25(32)34-6)11-13(24(31)33-5)10-14-18(20)16(21(26)28)12(4)17-19(14)23(30)27(9-3)22(17)29/h11-12,14-15,17,19-20H,7-10H2,1-6H3/t12-,14+,15+,17-,19+,20?/m0/s1. The van der Waals surface area contributed by atoms with Crippen molar-refractivity contribution < 1.29 is 33.4 Å². The molecule has 0 aromatic heterocycles. The van der Waals surface area contributed by atoms with Gasteiger partial charge in [0.25, 0.3) is 0 Å². The first-order valence-electron chi connectivity index (χ1n) is 12.2. The number of ether oxygens (including phenoxy) is 2. The number of hydrogen-bond donors (Lipinski definition) is 0. The van der Waals surface area contributed by atoms with Crippen LogP contribution in [0.25, 0.3) is 0 Å². The molecule has 1 unspecified atom stereocenters. The Bertz CT molecular complexity index is 1030. The molecular formula is C26H33NO7. The van der Waals surface area contributed by atoms with Gasteiger partial charge in [-0.25, -0.2) is 4.79 Å². The molecule has 4 rings (SSSR count). The minimum atomic E-state index is -0.868. The van der Waals surface area contributed by atoms with Gasteiger partial charge < -0.3 is 9.47 Å². The molecular weight excluding hydrogens is 438 g/mol. The zero-order valence-corrected chi connectivity index (χ0v) is 20.7. The summed E-state index contributed by atoms with van der Waals surface area (Å²) < 4.78 is 10.2. The predicted molar refractivity (Wildman–Crippen MR) is 121 cm³/mol. The number of ketones is 1. The van der Waals surface area contributed by atoms with Crippen LogP contribution < -0.4 is 0 Å². The first-order valence-corrected chi connectivity index (χ1v) is 12.2. The van der Waals surface area contributed by atoms with Crippen molar-refractivity contribution >= 4 is 29.5 Å². The number of imide groups is 1. The normalized spacial score (nSPS) is 33.9. The number of nitrogens with zero attached hydrogens (tertiary/aromatic N) is 1. The van der Waals surface area contributed by atoms with Crippen molar-refractivity contribution in [2.75, 3.05) is 20.8 Å². The largest absolute Gasteiger partial charge is 0.469 e. The van der Waals surface area contributed by atoms with Crippen LogP contribution in [0, 0.1) is 40.9 Å². The number of allylic oxidation sites excluding steroid dienone is 2. The number of methoxy groups -OCH3 is 2. The fourth-order valence-electron chi connectivity index (χ4n) is 7.34. The van der Waals surface area contributed by atoms with Crippen LogP contribution in [-0.4, -0.2) is 55.2 Å². The zero-order valence-electron chi connectivity index (χ0n) is 20.7. The Labute approximate surface area is 199 Å². The second-order valence-electron chi connectivity index (χ2n) is 9.84. The molecule has 0 aromatic carbocycles. The van der Waals surface area contributed by atoms with Gasteiger partial charge in [0.2, 0.25) is 11.8 Å². The molecule has 1 heterocycles. The molecule has 8 nitrogen and oxygen atoms in total. The van der Waals surface area contributed by atoms with Gasteiger partial charge in [0.1, 0.15) is 0 Å². The lowest BCUT2D eigenvalue weighted by Gasteiger charge is -2.39. The highest BCUT2D eigenvalue weighted by Crippen LogP contribution is 2.64. The Kier molecular flexibility index (Phi) is 6.07. The molecule has 0 aromatic rings. The number of carbonyl (C=O) groups excluding carboxylic acids is 5. The van der Waals surface area contributed by atoms with E-state index in [1.54, 1.807) is 13.0 Å². The van der Waals surface area contributed by atoms with Crippen LogP contribution in [0.4, 0.5) is 0 Å². The lowest BCUT2D eigenvalue weighted by molar-refractivity contribution is -0.147. The molecule has 4 aliphatic rings. The summed E-state index contributed by atoms with van der Waals surface area (Å²) in [5, 5.41) is 0. The van der Waals surface area contributed by atoms with Gasteiger partial charge in [-0.1, -0.05) is 32.4 Å². The number of fused-ring (bicyclic) bond motifs is 2. The minimum Gasteiger partial charge on any atom is -0.469 e. The predicted octanol–water partition coefficient (Wildman–Crippen LogP) is 2.47. The van der Waals surface area contributed by atoms with Crippen LogP contribution in [0.1, 0.15) is 47.0 Å². The lowest BCUT2D eigenvalue weighted by Crippen LogP contribution is -2.41. The van der Waals surface area contributed by atoms with Gasteiger partial charge >= 0.3 is 11.9 Å². The highest BCUT2D eigenvalue weighted by Gasteiger charge is 2.66. The van der Waals surface area contributed by atoms with Gasteiger partial charge in [0, 0.05) is 23.5 Å². The average molecular weight is 472 g/mol. The molecule has 8 heteroatoms. The van der Waals surface area contributed by atoms with E-state index in [-0.39, 0.29) is 36.1 Å². The summed E-state index contributed by atoms with van der Waals surface area (Å²) in [5.74, 6) is -5.38. The summed E-state index contributed by atoms with van der Waals surface area (Å²) >= 11 is 0. The van der Waals surface area contributed by atoms with Crippen LogP contribution in [-0.2, 0) is 33.4 Å². The van der Waals surface area contributed by atoms with E-state index in [9.17, 15) is 24.0 Å². The Hall–Kier alpha value is -2.77. The second-order valence-corrected chi connectivity index (χ2v) is 9.84. The third kappa shape index (κ3) is 2.93. The van der Waals surface area contributed by atoms with E-state index in [4.69, 9.17) is 9.47 Å². The van der Waals surface area contributed by atoms with E-state index in [0.717, 1.165) is 5.57 Å². The van der Waals surface area contributed by atoms with E-state index in [2.05, 4.69) is 0 Å². The maximum atomic E-state index is 14.1. The Morgan fingerprint density at radius 3 is 2.18 bits per heavy atom. The van der Waals surface area contributed by atoms with Gasteiger partial charge in [0.15, 0.2) is 5.78 Å². The smallest absolute Gasteiger partial charge is 0.333 e. The third-order valence-electron chi connectivity index (χ3n) is 8.93. The molecule has 1 fully saturated rings. The number of hydrogen-bond acceptors (Lipinski definition) is 7. The second kappa shape index (κ2) is 8.47. The first kappa shape index (κ1) is 24.4. The lowest BCUT2D eigenvalue weighted by atomic mass is 9.61. The molecule has 34 heavy (non-hydrogen) atoms. The van der Waals surface area contributed by atoms with Gasteiger partial charge in [-0.2, -0.15) is 0 Å². The van der Waals surface area contributed by atoms with Crippen molar-refractivity contribution in [3.05, 3.63) is 22.8 Å². The summed E-state index contributed by atoms with van der Waals surface area (Å²) in [6, 6.07) is 0. The maximum Gasteiger partial charge on any atom is 0.333 e. The van der Waals surface area contributed by atoms with Gasteiger partial charge in [-0.3, -0.25) is 24.1 Å². The van der Waals surface area contributed by atoms with Crippen molar-refractivity contribution in [1.29, 1.82) is 0 Å². The van der Waals surface area contributed by atoms with Crippen molar-refractivity contribution in [2.45, 2.75) is 47.0 Å². The number of amides is 2. The average Bonchev–Trinajstić information content (AvgIpc) is 3.16. The molecule has 0 spiro atoms. The minimum absolute atomic E-state index is 0.0348. The highest BCUT2D eigenvalue weighted by molar-refractivity contribution is 6.11. The quantitative estimate of drug-likeness (QED) is 0.448. The van der Waals surface area contributed by atoms with E-state index in [1.807, 2.05) is 20.8 Å². The summed E-state index contributed by atoms with van der Waals surface area (Å²) in [4.78, 5) is 68.1. The molecule has 0 bridgehead atoms. The van der Waals surface area contributed by atoms with Crippen molar-refractivity contribution in [1.82, 2.24) is 4.90 Å². The van der Waals surface area contributed by atoms with Gasteiger partial charge in [-0.15, -0.1) is 0 Å². The van der Waals surface area contributed by atoms with Crippen molar-refractivity contribution in [3.8, 4) is 0 Å². The third-order valence-corrected chi connectivity index (χ3v) is 8.93. The maximum absolute atomic E-state index is 14.1. The molecule has 6 atom stereocenters. The molecule has 2 amide bonds. The van der Waals surface area contributed by atoms with Crippen LogP contribution in [0.5, 0.6) is 0 Å². The van der Waals surface area contributed by atoms with Gasteiger partial charge in [-0.05, 0) is 43.6 Å². The monoisotopic (exact) mass is 471 g/mol. The molecule has 3 aliphatic carbocycles. The van der Waals surface area contributed by atoms with Crippen molar-refractivity contribution in [3.63, 3.8) is 0 Å². The summed E-state index contributed by atoms with van der Waals surface area (Å²) in [7, 11) is 2.56. The van der Waals surface area contributed by atoms with Crippen LogP contribution in [0.2, 0.25) is 0 Å². The number of rotatable bonds is 5. The molecule has 0 N–H and O–H groups in total. The highest BCUT2D eigenvalue weighted by atomic mass is 16.5. The summed E-state index contributed by atoms with van der Waals surface area (Å²) in [6.45, 7) is 7.72. The molecule has 1 aliphatic heterocycles. The fourth-order valence-corrected chi connectivity index (χ4v) is 7.34. The van der Waals surface area contributed by atoms with Gasteiger partial charge in [0.05, 0.1) is 32.0 Å². The van der Waals surface area contributed by atoms with E-state index in [1.165, 1.54) is 19.1 Å². The molecule has 1 saturated heterocycles. The number of likely N-dealkylation sites (tertiary alicyclic amines) is 1. The van der Waals surface area contributed by atoms with E-state index in [0.29, 0.717) is 18.4 Å².